The summed E-state index contributed by atoms with van der Waals surface area (Å²) in [5.41, 5.74) is 0. The third-order valence-electron chi connectivity index (χ3n) is 4.42. The summed E-state index contributed by atoms with van der Waals surface area (Å²) in [6, 6.07) is 0. The summed E-state index contributed by atoms with van der Waals surface area (Å²) in [6.45, 7) is 15.5. The molecule has 1 heterocycles. The molecule has 0 bridgehead atoms. The average molecular weight is 421 g/mol. The van der Waals surface area contributed by atoms with Crippen molar-refractivity contribution in [3.05, 3.63) is 0 Å². The molecule has 1 saturated heterocycles. The minimum absolute atomic E-state index is 0.0670. The Kier molecular flexibility index (Phi) is 25.7. The molecule has 0 spiro atoms. The van der Waals surface area contributed by atoms with Crippen LogP contribution in [0.2, 0.25) is 0 Å². The van der Waals surface area contributed by atoms with Gasteiger partial charge in [-0.3, -0.25) is 0 Å². The largest absolute Gasteiger partial charge is 0.388 e. The van der Waals surface area contributed by atoms with Crippen molar-refractivity contribution in [2.45, 2.75) is 117 Å². The van der Waals surface area contributed by atoms with E-state index in [1.807, 2.05) is 0 Å². The standard InChI is InChI=1S/C19H38O4.C3H8.C2H6O/c1-5-8-10-16(4)20-12-18-14-23-19(15-22-18)13-21-17(7-3)11-9-6-2;2*1-3-2/h16-19H,5-15H2,1-4H3;3H2,1-2H3;1-2H3. The van der Waals surface area contributed by atoms with Gasteiger partial charge in [-0.2, -0.15) is 0 Å². The first-order chi connectivity index (χ1) is 14.0. The molecule has 0 aromatic carbocycles. The second-order valence-corrected chi connectivity index (χ2v) is 7.82. The summed E-state index contributed by atoms with van der Waals surface area (Å²) in [6.07, 6.45) is 10.3. The first kappa shape index (κ1) is 31.0. The second-order valence-electron chi connectivity index (χ2n) is 7.82. The summed E-state index contributed by atoms with van der Waals surface area (Å²) < 4.78 is 27.8. The van der Waals surface area contributed by atoms with Crippen molar-refractivity contribution in [2.75, 3.05) is 40.6 Å². The van der Waals surface area contributed by atoms with Gasteiger partial charge in [-0.25, -0.2) is 0 Å². The Morgan fingerprint density at radius 2 is 1.24 bits per heavy atom. The van der Waals surface area contributed by atoms with Crippen LogP contribution >= 0.6 is 0 Å². The molecule has 29 heavy (non-hydrogen) atoms. The van der Waals surface area contributed by atoms with Gasteiger partial charge in [0.2, 0.25) is 0 Å². The number of methoxy groups -OCH3 is 1. The van der Waals surface area contributed by atoms with E-state index in [0.29, 0.717) is 38.6 Å². The van der Waals surface area contributed by atoms with Crippen molar-refractivity contribution in [3.63, 3.8) is 0 Å². The van der Waals surface area contributed by atoms with Crippen molar-refractivity contribution in [1.29, 1.82) is 0 Å². The van der Waals surface area contributed by atoms with E-state index in [1.54, 1.807) is 14.2 Å². The van der Waals surface area contributed by atoms with Crippen molar-refractivity contribution in [2.24, 2.45) is 0 Å². The minimum Gasteiger partial charge on any atom is -0.388 e. The summed E-state index contributed by atoms with van der Waals surface area (Å²) in [4.78, 5) is 0. The van der Waals surface area contributed by atoms with Crippen molar-refractivity contribution >= 4 is 0 Å². The van der Waals surface area contributed by atoms with Crippen molar-refractivity contribution < 1.29 is 23.7 Å². The monoisotopic (exact) mass is 420 g/mol. The maximum absolute atomic E-state index is 5.97. The molecule has 1 rings (SSSR count). The van der Waals surface area contributed by atoms with Gasteiger partial charge in [0.15, 0.2) is 0 Å². The van der Waals surface area contributed by atoms with Crippen LogP contribution in [0, 0.1) is 0 Å². The highest BCUT2D eigenvalue weighted by atomic mass is 16.6. The molecule has 1 fully saturated rings. The van der Waals surface area contributed by atoms with Gasteiger partial charge < -0.3 is 23.7 Å². The summed E-state index contributed by atoms with van der Waals surface area (Å²) in [5.74, 6) is 0. The third-order valence-corrected chi connectivity index (χ3v) is 4.42. The van der Waals surface area contributed by atoms with Crippen LogP contribution in [0.5, 0.6) is 0 Å². The Morgan fingerprint density at radius 3 is 1.66 bits per heavy atom. The molecule has 0 N–H and O–H groups in total. The van der Waals surface area contributed by atoms with Gasteiger partial charge in [-0.1, -0.05) is 66.7 Å². The maximum Gasteiger partial charge on any atom is 0.104 e. The zero-order valence-electron chi connectivity index (χ0n) is 20.8. The molecule has 5 heteroatoms. The molecule has 5 nitrogen and oxygen atoms in total. The van der Waals surface area contributed by atoms with Gasteiger partial charge in [-0.05, 0) is 26.2 Å². The molecule has 0 amide bonds. The Morgan fingerprint density at radius 1 is 0.793 bits per heavy atom. The number of unbranched alkanes of at least 4 members (excludes halogenated alkanes) is 2. The summed E-state index contributed by atoms with van der Waals surface area (Å²) in [5, 5.41) is 0. The van der Waals surface area contributed by atoms with Crippen molar-refractivity contribution in [3.8, 4) is 0 Å². The van der Waals surface area contributed by atoms with Gasteiger partial charge in [0.25, 0.3) is 0 Å². The van der Waals surface area contributed by atoms with Gasteiger partial charge in [0, 0.05) is 14.2 Å². The number of hydrogen-bond donors (Lipinski definition) is 0. The summed E-state index contributed by atoms with van der Waals surface area (Å²) >= 11 is 0. The predicted octanol–water partition coefficient (Wildman–Crippen LogP) is 6.03. The molecule has 4 unspecified atom stereocenters. The average Bonchev–Trinajstić information content (AvgIpc) is 2.73. The number of rotatable bonds is 13. The van der Waals surface area contributed by atoms with E-state index in [1.165, 1.54) is 32.1 Å². The number of ether oxygens (including phenoxy) is 5. The van der Waals surface area contributed by atoms with E-state index in [4.69, 9.17) is 18.9 Å². The SMILES string of the molecule is CCC.CCCCC(C)OCC1COC(COC(CC)CCCC)CO1.COC. The molecule has 178 valence electrons. The third kappa shape index (κ3) is 20.8. The molecule has 1 aliphatic heterocycles. The second kappa shape index (κ2) is 24.1. The van der Waals surface area contributed by atoms with Crippen LogP contribution in [-0.2, 0) is 23.7 Å². The smallest absolute Gasteiger partial charge is 0.104 e. The fourth-order valence-corrected chi connectivity index (χ4v) is 2.70. The molecular weight excluding hydrogens is 368 g/mol. The molecular formula is C24H52O5. The Labute approximate surface area is 182 Å². The van der Waals surface area contributed by atoms with Crippen LogP contribution in [0.15, 0.2) is 0 Å². The Bertz CT molecular complexity index is 291. The molecule has 0 saturated carbocycles. The molecule has 0 aliphatic carbocycles. The van der Waals surface area contributed by atoms with E-state index < -0.39 is 0 Å². The molecule has 0 radical (unpaired) electrons. The van der Waals surface area contributed by atoms with E-state index in [9.17, 15) is 0 Å². The van der Waals surface area contributed by atoms with Gasteiger partial charge in [0.05, 0.1) is 38.6 Å². The fraction of sp³-hybridized carbons (Fsp3) is 1.00. The molecule has 0 aromatic rings. The minimum atomic E-state index is 0.0670. The van der Waals surface area contributed by atoms with Crippen molar-refractivity contribution in [1.82, 2.24) is 0 Å². The lowest BCUT2D eigenvalue weighted by Crippen LogP contribution is -2.41. The molecule has 4 atom stereocenters. The van der Waals surface area contributed by atoms with E-state index in [-0.39, 0.29) is 12.2 Å². The Hall–Kier alpha value is -0.200. The zero-order valence-corrected chi connectivity index (χ0v) is 20.8. The number of hydrogen-bond acceptors (Lipinski definition) is 5. The first-order valence-electron chi connectivity index (χ1n) is 11.9. The van der Waals surface area contributed by atoms with Crippen LogP contribution in [0.25, 0.3) is 0 Å². The van der Waals surface area contributed by atoms with E-state index in [2.05, 4.69) is 46.3 Å². The topological polar surface area (TPSA) is 46.2 Å². The fourth-order valence-electron chi connectivity index (χ4n) is 2.70. The van der Waals surface area contributed by atoms with Gasteiger partial charge in [0.1, 0.15) is 12.2 Å². The first-order valence-corrected chi connectivity index (χ1v) is 11.9. The maximum atomic E-state index is 5.97. The van der Waals surface area contributed by atoms with Gasteiger partial charge in [-0.15, -0.1) is 0 Å². The lowest BCUT2D eigenvalue weighted by molar-refractivity contribution is -0.175. The van der Waals surface area contributed by atoms with Crippen LogP contribution in [0.3, 0.4) is 0 Å². The van der Waals surface area contributed by atoms with Crippen LogP contribution < -0.4 is 0 Å². The lowest BCUT2D eigenvalue weighted by Gasteiger charge is -2.31. The molecule has 1 aliphatic rings. The predicted molar refractivity (Wildman–Crippen MR) is 123 cm³/mol. The zero-order chi connectivity index (χ0) is 22.3. The highest BCUT2D eigenvalue weighted by Gasteiger charge is 2.24. The highest BCUT2D eigenvalue weighted by molar-refractivity contribution is 4.69. The highest BCUT2D eigenvalue weighted by Crippen LogP contribution is 2.14. The quantitative estimate of drug-likeness (QED) is 0.364. The lowest BCUT2D eigenvalue weighted by atomic mass is 10.1. The van der Waals surface area contributed by atoms with E-state index >= 15 is 0 Å². The molecule has 0 aromatic heterocycles. The Balaban J connectivity index is 0. The van der Waals surface area contributed by atoms with Crippen LogP contribution in [0.4, 0.5) is 0 Å². The summed E-state index contributed by atoms with van der Waals surface area (Å²) in [7, 11) is 3.25. The van der Waals surface area contributed by atoms with Gasteiger partial charge >= 0.3 is 0 Å². The normalized spacial score (nSPS) is 20.7. The van der Waals surface area contributed by atoms with Crippen LogP contribution in [0.1, 0.15) is 92.9 Å². The van der Waals surface area contributed by atoms with Crippen LogP contribution in [-0.4, -0.2) is 65.1 Å². The van der Waals surface area contributed by atoms with E-state index in [0.717, 1.165) is 19.3 Å².